The largest absolute Gasteiger partial charge is 0.461 e. The molecule has 2 atom stereocenters. The van der Waals surface area contributed by atoms with Crippen molar-refractivity contribution in [1.82, 2.24) is 24.8 Å². The SMILES string of the molecule is O=C(/C=C/CBr)N1CCN(c2nc(OC[C@@]34CCCN3C[C@H](F)C4)nc3c(F)c(-c4ccccc4C(F)F)ncc23)CC12COC2. The molecule has 0 N–H and O–H groups in total. The first-order valence-corrected chi connectivity index (χ1v) is 16.5. The standard InChI is InChI=1S/C32H33BrF4N6O3/c33-9-3-7-24(44)43-12-11-41(16-32(43)17-45-18-32)29-23-14-38-26(21-5-1-2-6-22(21)28(36)37)25(35)27(23)39-30(40-29)46-19-31-8-4-10-42(31)15-20(34)13-31/h1-3,5-7,14,20,28H,4,8-13,15-19H2/b7-3+/t20-,31+/m1/s1. The van der Waals surface area contributed by atoms with Crippen molar-refractivity contribution in [2.24, 2.45) is 0 Å². The van der Waals surface area contributed by atoms with Crippen molar-refractivity contribution in [2.45, 2.75) is 42.9 Å². The molecule has 46 heavy (non-hydrogen) atoms. The van der Waals surface area contributed by atoms with Crippen LogP contribution in [0.5, 0.6) is 6.01 Å². The van der Waals surface area contributed by atoms with Crippen molar-refractivity contribution in [2.75, 3.05) is 62.8 Å². The minimum Gasteiger partial charge on any atom is -0.461 e. The summed E-state index contributed by atoms with van der Waals surface area (Å²) >= 11 is 3.31. The highest BCUT2D eigenvalue weighted by Crippen LogP contribution is 2.42. The summed E-state index contributed by atoms with van der Waals surface area (Å²) in [6.45, 7) is 3.00. The highest BCUT2D eigenvalue weighted by atomic mass is 79.9. The molecule has 1 aromatic carbocycles. The highest BCUT2D eigenvalue weighted by molar-refractivity contribution is 9.09. The molecule has 244 valence electrons. The van der Waals surface area contributed by atoms with Gasteiger partial charge in [0.25, 0.3) is 6.43 Å². The predicted molar refractivity (Wildman–Crippen MR) is 167 cm³/mol. The number of aromatic nitrogens is 3. The van der Waals surface area contributed by atoms with E-state index < -0.39 is 29.5 Å². The number of ether oxygens (including phenoxy) is 2. The van der Waals surface area contributed by atoms with E-state index in [1.165, 1.54) is 30.5 Å². The zero-order chi connectivity index (χ0) is 32.1. The Morgan fingerprint density at radius 3 is 2.78 bits per heavy atom. The normalized spacial score (nSPS) is 24.3. The Bertz CT molecular complexity index is 1680. The number of benzene rings is 1. The molecule has 0 radical (unpaired) electrons. The van der Waals surface area contributed by atoms with Gasteiger partial charge in [-0.05, 0) is 25.5 Å². The van der Waals surface area contributed by atoms with Crippen LogP contribution in [0.25, 0.3) is 22.2 Å². The van der Waals surface area contributed by atoms with Crippen molar-refractivity contribution in [3.63, 3.8) is 0 Å². The van der Waals surface area contributed by atoms with E-state index in [9.17, 15) is 18.0 Å². The molecule has 0 aliphatic carbocycles. The minimum atomic E-state index is -2.84. The number of alkyl halides is 4. The number of hydrogen-bond acceptors (Lipinski definition) is 8. The fourth-order valence-corrected chi connectivity index (χ4v) is 7.57. The van der Waals surface area contributed by atoms with Crippen molar-refractivity contribution in [3.05, 3.63) is 54.0 Å². The number of halogens is 5. The number of carbonyl (C=O) groups is 1. The summed E-state index contributed by atoms with van der Waals surface area (Å²) in [6, 6.07) is 5.56. The molecule has 6 heterocycles. The molecular formula is C32H33BrF4N6O3. The third kappa shape index (κ3) is 5.41. The molecule has 4 aliphatic rings. The van der Waals surface area contributed by atoms with Crippen LogP contribution >= 0.6 is 15.9 Å². The monoisotopic (exact) mass is 704 g/mol. The van der Waals surface area contributed by atoms with Crippen LogP contribution in [0, 0.1) is 5.82 Å². The highest BCUT2D eigenvalue weighted by Gasteiger charge is 2.51. The molecule has 1 spiro atoms. The van der Waals surface area contributed by atoms with Crippen LogP contribution in [-0.2, 0) is 9.53 Å². The smallest absolute Gasteiger partial charge is 0.319 e. The summed E-state index contributed by atoms with van der Waals surface area (Å²) in [6.07, 6.45) is 2.90. The van der Waals surface area contributed by atoms with Gasteiger partial charge in [0.1, 0.15) is 35.3 Å². The lowest BCUT2D eigenvalue weighted by molar-refractivity contribution is -0.164. The molecule has 4 saturated heterocycles. The van der Waals surface area contributed by atoms with Gasteiger partial charge >= 0.3 is 6.01 Å². The number of pyridine rings is 1. The number of nitrogens with zero attached hydrogens (tertiary/aromatic N) is 6. The van der Waals surface area contributed by atoms with Gasteiger partial charge in [-0.3, -0.25) is 14.7 Å². The van der Waals surface area contributed by atoms with Crippen molar-refractivity contribution in [3.8, 4) is 17.3 Å². The average Bonchev–Trinajstić information content (AvgIpc) is 3.57. The minimum absolute atomic E-state index is 0.0332. The van der Waals surface area contributed by atoms with Gasteiger partial charge in [0.15, 0.2) is 5.82 Å². The van der Waals surface area contributed by atoms with Gasteiger partial charge in [0.2, 0.25) is 5.91 Å². The average molecular weight is 706 g/mol. The van der Waals surface area contributed by atoms with Gasteiger partial charge in [0, 0.05) is 55.3 Å². The molecule has 7 rings (SSSR count). The lowest BCUT2D eigenvalue weighted by Gasteiger charge is -2.55. The van der Waals surface area contributed by atoms with E-state index in [0.717, 1.165) is 19.4 Å². The number of anilines is 1. The second-order valence-electron chi connectivity index (χ2n) is 12.5. The van der Waals surface area contributed by atoms with E-state index in [1.54, 1.807) is 17.0 Å². The summed E-state index contributed by atoms with van der Waals surface area (Å²) in [5.74, 6) is -0.651. The maximum absolute atomic E-state index is 16.4. The molecule has 4 fully saturated rings. The van der Waals surface area contributed by atoms with E-state index in [0.29, 0.717) is 57.0 Å². The Morgan fingerprint density at radius 1 is 1.20 bits per heavy atom. The number of rotatable bonds is 8. The fourth-order valence-electron chi connectivity index (χ4n) is 7.39. The molecule has 3 aromatic rings. The topological polar surface area (TPSA) is 83.9 Å². The number of allylic oxidation sites excluding steroid dienone is 1. The molecule has 0 unspecified atom stereocenters. The molecule has 14 heteroatoms. The van der Waals surface area contributed by atoms with Gasteiger partial charge in [-0.1, -0.05) is 46.3 Å². The zero-order valence-corrected chi connectivity index (χ0v) is 26.6. The molecule has 0 saturated carbocycles. The Balaban J connectivity index is 1.29. The van der Waals surface area contributed by atoms with Crippen LogP contribution in [0.3, 0.4) is 0 Å². The Kier molecular flexibility index (Phi) is 8.39. The number of carbonyl (C=O) groups excluding carboxylic acids is 1. The summed E-state index contributed by atoms with van der Waals surface area (Å²) < 4.78 is 70.4. The van der Waals surface area contributed by atoms with Crippen molar-refractivity contribution < 1.29 is 31.8 Å². The first kappa shape index (κ1) is 31.3. The summed E-state index contributed by atoms with van der Waals surface area (Å²) in [4.78, 5) is 32.4. The number of piperazine rings is 1. The molecule has 1 amide bonds. The first-order valence-electron chi connectivity index (χ1n) is 15.4. The molecular weight excluding hydrogens is 672 g/mol. The third-order valence-corrected chi connectivity index (χ3v) is 10.0. The molecule has 9 nitrogen and oxygen atoms in total. The van der Waals surface area contributed by atoms with E-state index in [2.05, 4.69) is 30.8 Å². The lowest BCUT2D eigenvalue weighted by Crippen LogP contribution is -2.72. The number of fused-ring (bicyclic) bond motifs is 2. The maximum Gasteiger partial charge on any atom is 0.319 e. The van der Waals surface area contributed by atoms with Gasteiger partial charge in [0.05, 0.1) is 24.1 Å². The van der Waals surface area contributed by atoms with Crippen LogP contribution in [0.15, 0.2) is 42.6 Å². The second kappa shape index (κ2) is 12.3. The summed E-state index contributed by atoms with van der Waals surface area (Å²) in [5, 5.41) is 0.827. The summed E-state index contributed by atoms with van der Waals surface area (Å²) in [5.41, 5.74) is -1.86. The van der Waals surface area contributed by atoms with Gasteiger partial charge < -0.3 is 19.3 Å². The third-order valence-electron chi connectivity index (χ3n) is 9.63. The zero-order valence-electron chi connectivity index (χ0n) is 25.0. The van der Waals surface area contributed by atoms with Crippen molar-refractivity contribution >= 4 is 38.6 Å². The van der Waals surface area contributed by atoms with Crippen LogP contribution in [0.1, 0.15) is 31.3 Å². The van der Waals surface area contributed by atoms with E-state index in [1.807, 2.05) is 4.90 Å². The molecule has 0 bridgehead atoms. The quantitative estimate of drug-likeness (QED) is 0.182. The van der Waals surface area contributed by atoms with Crippen LogP contribution in [0.2, 0.25) is 0 Å². The number of hydrogen-bond donors (Lipinski definition) is 0. The van der Waals surface area contributed by atoms with Gasteiger partial charge in [-0.25, -0.2) is 17.6 Å². The second-order valence-corrected chi connectivity index (χ2v) is 13.1. The Hall–Kier alpha value is -3.36. The van der Waals surface area contributed by atoms with Crippen LogP contribution < -0.4 is 9.64 Å². The lowest BCUT2D eigenvalue weighted by atomic mass is 9.91. The summed E-state index contributed by atoms with van der Waals surface area (Å²) in [7, 11) is 0. The van der Waals surface area contributed by atoms with E-state index in [4.69, 9.17) is 14.5 Å². The maximum atomic E-state index is 16.4. The number of amides is 1. The Morgan fingerprint density at radius 2 is 2.02 bits per heavy atom. The van der Waals surface area contributed by atoms with Gasteiger partial charge in [-0.15, -0.1) is 0 Å². The molecule has 2 aromatic heterocycles. The van der Waals surface area contributed by atoms with Crippen LogP contribution in [-0.4, -0.2) is 106 Å². The first-order chi connectivity index (χ1) is 22.2. The van der Waals surface area contributed by atoms with Gasteiger partial charge in [-0.2, -0.15) is 9.97 Å². The molecule has 4 aliphatic heterocycles. The Labute approximate surface area is 271 Å². The fraction of sp³-hybridized carbons (Fsp3) is 0.500. The predicted octanol–water partition coefficient (Wildman–Crippen LogP) is 5.09. The van der Waals surface area contributed by atoms with E-state index >= 15 is 4.39 Å². The van der Waals surface area contributed by atoms with E-state index in [-0.39, 0.29) is 46.2 Å². The van der Waals surface area contributed by atoms with Crippen LogP contribution in [0.4, 0.5) is 23.4 Å². The van der Waals surface area contributed by atoms with Crippen molar-refractivity contribution in [1.29, 1.82) is 0 Å².